The number of carbonyl (C=O) groups excluding carboxylic acids is 1. The number of aromatic nitrogens is 2. The number of methoxy groups -OCH3 is 1. The number of esters is 1. The second kappa shape index (κ2) is 7.84. The van der Waals surface area contributed by atoms with Crippen LogP contribution in [0.25, 0.3) is 11.4 Å². The van der Waals surface area contributed by atoms with Gasteiger partial charge in [-0.2, -0.15) is 4.98 Å². The summed E-state index contributed by atoms with van der Waals surface area (Å²) in [5.74, 6) is 1.19. The number of ether oxygens (including phenoxy) is 2. The van der Waals surface area contributed by atoms with Crippen LogP contribution in [0.15, 0.2) is 59.1 Å². The fourth-order valence-electron chi connectivity index (χ4n) is 3.80. The van der Waals surface area contributed by atoms with Gasteiger partial charge in [-0.3, -0.25) is 4.79 Å². The first-order valence-corrected chi connectivity index (χ1v) is 9.41. The lowest BCUT2D eigenvalue weighted by Gasteiger charge is -2.26. The highest BCUT2D eigenvalue weighted by Gasteiger charge is 2.44. The fourth-order valence-corrected chi connectivity index (χ4v) is 3.80. The van der Waals surface area contributed by atoms with Crippen molar-refractivity contribution in [1.29, 1.82) is 0 Å². The Bertz CT molecular complexity index is 946. The van der Waals surface area contributed by atoms with E-state index < -0.39 is 5.41 Å². The van der Waals surface area contributed by atoms with Crippen molar-refractivity contribution in [2.24, 2.45) is 0 Å². The van der Waals surface area contributed by atoms with Crippen molar-refractivity contribution in [3.8, 4) is 17.1 Å². The topological polar surface area (TPSA) is 74.5 Å². The first kappa shape index (κ1) is 18.2. The molecule has 0 unspecified atom stereocenters. The van der Waals surface area contributed by atoms with Crippen LogP contribution in [0.5, 0.6) is 5.75 Å². The van der Waals surface area contributed by atoms with Crippen LogP contribution in [-0.4, -0.2) is 23.2 Å². The van der Waals surface area contributed by atoms with Crippen LogP contribution in [0.1, 0.15) is 37.1 Å². The van der Waals surface area contributed by atoms with Crippen molar-refractivity contribution in [1.82, 2.24) is 10.1 Å². The Balaban J connectivity index is 1.47. The lowest BCUT2D eigenvalue weighted by Crippen LogP contribution is -2.34. The largest absolute Gasteiger partial charge is 0.497 e. The predicted molar refractivity (Wildman–Crippen MR) is 103 cm³/mol. The molecule has 1 aliphatic rings. The van der Waals surface area contributed by atoms with Crippen molar-refractivity contribution < 1.29 is 18.8 Å². The number of nitrogens with zero attached hydrogens (tertiary/aromatic N) is 2. The summed E-state index contributed by atoms with van der Waals surface area (Å²) in [5.41, 5.74) is 1.22. The van der Waals surface area contributed by atoms with Crippen molar-refractivity contribution in [2.45, 2.75) is 37.7 Å². The third-order valence-electron chi connectivity index (χ3n) is 5.30. The highest BCUT2D eigenvalue weighted by molar-refractivity contribution is 5.83. The summed E-state index contributed by atoms with van der Waals surface area (Å²) in [4.78, 5) is 17.3. The zero-order valence-electron chi connectivity index (χ0n) is 15.8. The first-order valence-electron chi connectivity index (χ1n) is 9.41. The van der Waals surface area contributed by atoms with Crippen molar-refractivity contribution in [2.75, 3.05) is 7.11 Å². The van der Waals surface area contributed by atoms with Crippen LogP contribution >= 0.6 is 0 Å². The standard InChI is InChI=1S/C22H22N2O4/c1-26-18-11-7-8-16(14-18)20-23-19(28-24-20)15-27-21(25)22(12-5-6-13-22)17-9-3-2-4-10-17/h2-4,7-11,14H,5-6,12-13,15H2,1H3. The molecule has 0 radical (unpaired) electrons. The Labute approximate surface area is 163 Å². The van der Waals surface area contributed by atoms with Gasteiger partial charge in [0.05, 0.1) is 12.5 Å². The van der Waals surface area contributed by atoms with E-state index in [9.17, 15) is 4.79 Å². The normalized spacial score (nSPS) is 15.3. The monoisotopic (exact) mass is 378 g/mol. The predicted octanol–water partition coefficient (Wildman–Crippen LogP) is 4.30. The van der Waals surface area contributed by atoms with Gasteiger partial charge in [-0.15, -0.1) is 0 Å². The van der Waals surface area contributed by atoms with Crippen LogP contribution in [0, 0.1) is 0 Å². The number of benzene rings is 2. The van der Waals surface area contributed by atoms with Crippen molar-refractivity contribution >= 4 is 5.97 Å². The quantitative estimate of drug-likeness (QED) is 0.595. The average Bonchev–Trinajstić information content (AvgIpc) is 3.43. The molecule has 0 spiro atoms. The summed E-state index contributed by atoms with van der Waals surface area (Å²) in [6, 6.07) is 17.3. The second-order valence-electron chi connectivity index (χ2n) is 6.98. The molecule has 1 fully saturated rings. The Morgan fingerprint density at radius 3 is 2.64 bits per heavy atom. The Morgan fingerprint density at radius 2 is 1.89 bits per heavy atom. The summed E-state index contributed by atoms with van der Waals surface area (Å²) in [6.07, 6.45) is 3.64. The van der Waals surface area contributed by atoms with Crippen LogP contribution in [0.4, 0.5) is 0 Å². The lowest BCUT2D eigenvalue weighted by molar-refractivity contribution is -0.152. The van der Waals surface area contributed by atoms with Crippen LogP contribution < -0.4 is 4.74 Å². The highest BCUT2D eigenvalue weighted by atomic mass is 16.6. The minimum Gasteiger partial charge on any atom is -0.497 e. The SMILES string of the molecule is COc1cccc(-c2noc(COC(=O)C3(c4ccccc4)CCCC3)n2)c1. The summed E-state index contributed by atoms with van der Waals surface area (Å²) in [5, 5.41) is 3.98. The minimum atomic E-state index is -0.573. The van der Waals surface area contributed by atoms with Gasteiger partial charge in [0.1, 0.15) is 5.75 Å². The van der Waals surface area contributed by atoms with E-state index in [-0.39, 0.29) is 18.5 Å². The van der Waals surface area contributed by atoms with E-state index in [1.165, 1.54) is 0 Å². The van der Waals surface area contributed by atoms with E-state index in [1.807, 2.05) is 54.6 Å². The number of carbonyl (C=O) groups is 1. The van der Waals surface area contributed by atoms with Gasteiger partial charge in [-0.25, -0.2) is 0 Å². The summed E-state index contributed by atoms with van der Waals surface area (Å²) < 4.78 is 16.1. The average molecular weight is 378 g/mol. The lowest BCUT2D eigenvalue weighted by atomic mass is 9.79. The molecule has 1 saturated carbocycles. The molecule has 1 aliphatic carbocycles. The maximum Gasteiger partial charge on any atom is 0.317 e. The maximum absolute atomic E-state index is 13.0. The summed E-state index contributed by atoms with van der Waals surface area (Å²) in [6.45, 7) is -0.0373. The molecule has 0 atom stereocenters. The van der Waals surface area contributed by atoms with E-state index in [0.717, 1.165) is 36.8 Å². The van der Waals surface area contributed by atoms with E-state index in [1.54, 1.807) is 7.11 Å². The number of hydrogen-bond acceptors (Lipinski definition) is 6. The fraction of sp³-hybridized carbons (Fsp3) is 0.318. The zero-order valence-corrected chi connectivity index (χ0v) is 15.8. The number of rotatable bonds is 6. The van der Waals surface area contributed by atoms with Crippen LogP contribution in [-0.2, 0) is 21.6 Å². The van der Waals surface area contributed by atoms with E-state index >= 15 is 0 Å². The van der Waals surface area contributed by atoms with Gasteiger partial charge in [0.2, 0.25) is 5.82 Å². The van der Waals surface area contributed by atoms with E-state index in [4.69, 9.17) is 14.0 Å². The molecule has 3 aromatic rings. The van der Waals surface area contributed by atoms with Crippen LogP contribution in [0.2, 0.25) is 0 Å². The molecule has 0 bridgehead atoms. The molecule has 2 aromatic carbocycles. The van der Waals surface area contributed by atoms with Gasteiger partial charge in [0, 0.05) is 5.56 Å². The third kappa shape index (κ3) is 3.50. The smallest absolute Gasteiger partial charge is 0.317 e. The summed E-state index contributed by atoms with van der Waals surface area (Å²) >= 11 is 0. The molecular weight excluding hydrogens is 356 g/mol. The Hall–Kier alpha value is -3.15. The number of hydrogen-bond donors (Lipinski definition) is 0. The molecule has 0 saturated heterocycles. The molecule has 4 rings (SSSR count). The van der Waals surface area contributed by atoms with Gasteiger partial charge >= 0.3 is 5.97 Å². The molecule has 6 heteroatoms. The molecule has 0 amide bonds. The molecule has 28 heavy (non-hydrogen) atoms. The van der Waals surface area contributed by atoms with Crippen molar-refractivity contribution in [3.05, 3.63) is 66.1 Å². The Morgan fingerprint density at radius 1 is 1.11 bits per heavy atom. The minimum absolute atomic E-state index is 0.0373. The third-order valence-corrected chi connectivity index (χ3v) is 5.30. The Kier molecular flexibility index (Phi) is 5.10. The molecule has 0 N–H and O–H groups in total. The van der Waals surface area contributed by atoms with Gasteiger partial charge < -0.3 is 14.0 Å². The molecule has 0 aliphatic heterocycles. The molecular formula is C22H22N2O4. The van der Waals surface area contributed by atoms with Crippen molar-refractivity contribution in [3.63, 3.8) is 0 Å². The zero-order chi connectivity index (χ0) is 19.4. The van der Waals surface area contributed by atoms with Gasteiger partial charge in [-0.05, 0) is 30.5 Å². The summed E-state index contributed by atoms with van der Waals surface area (Å²) in [7, 11) is 1.60. The molecule has 1 aromatic heterocycles. The van der Waals surface area contributed by atoms with E-state index in [0.29, 0.717) is 11.6 Å². The van der Waals surface area contributed by atoms with Gasteiger partial charge in [-0.1, -0.05) is 60.5 Å². The first-order chi connectivity index (χ1) is 13.7. The molecule has 144 valence electrons. The molecule has 6 nitrogen and oxygen atoms in total. The second-order valence-corrected chi connectivity index (χ2v) is 6.98. The van der Waals surface area contributed by atoms with Gasteiger partial charge in [0.15, 0.2) is 6.61 Å². The molecule has 1 heterocycles. The van der Waals surface area contributed by atoms with E-state index in [2.05, 4.69) is 10.1 Å². The van der Waals surface area contributed by atoms with Crippen LogP contribution in [0.3, 0.4) is 0 Å². The maximum atomic E-state index is 13.0. The highest BCUT2D eigenvalue weighted by Crippen LogP contribution is 2.42. The van der Waals surface area contributed by atoms with Gasteiger partial charge in [0.25, 0.3) is 5.89 Å².